The van der Waals surface area contributed by atoms with E-state index in [9.17, 15) is 8.42 Å². The van der Waals surface area contributed by atoms with Crippen LogP contribution < -0.4 is 51.4 Å². The molecule has 0 fully saturated rings. The zero-order valence-corrected chi connectivity index (χ0v) is 14.7. The second-order valence-corrected chi connectivity index (χ2v) is 5.62. The summed E-state index contributed by atoms with van der Waals surface area (Å²) in [6.07, 6.45) is -0.362. The fourth-order valence-electron chi connectivity index (χ4n) is 1.72. The van der Waals surface area contributed by atoms with Gasteiger partial charge < -0.3 is 1.43 Å². The van der Waals surface area contributed by atoms with E-state index >= 15 is 0 Å². The van der Waals surface area contributed by atoms with Crippen molar-refractivity contribution in [2.24, 2.45) is 0 Å². The topological polar surface area (TPSA) is 43.4 Å². The van der Waals surface area contributed by atoms with Gasteiger partial charge in [0.1, 0.15) is 4.90 Å². The Bertz CT molecular complexity index is 636. The van der Waals surface area contributed by atoms with E-state index in [-0.39, 0.29) is 63.8 Å². The minimum absolute atomic E-state index is 0. The smallest absolute Gasteiger partial charge is 1.00 e. The van der Waals surface area contributed by atoms with Crippen molar-refractivity contribution in [2.45, 2.75) is 24.8 Å². The summed E-state index contributed by atoms with van der Waals surface area (Å²) in [5.74, 6) is 0. The molecule has 0 atom stereocenters. The van der Waals surface area contributed by atoms with E-state index < -0.39 is 10.1 Å². The molecule has 0 bridgehead atoms. The Kier molecular flexibility index (Phi) is 5.98. The van der Waals surface area contributed by atoms with E-state index in [0.717, 1.165) is 5.39 Å². The zero-order chi connectivity index (χ0) is 12.5. The van der Waals surface area contributed by atoms with Crippen molar-refractivity contribution in [3.05, 3.63) is 42.5 Å². The van der Waals surface area contributed by atoms with Gasteiger partial charge in [0.15, 0.2) is 0 Å². The number of rotatable bonds is 3. The van der Waals surface area contributed by atoms with Gasteiger partial charge >= 0.3 is 51.4 Å². The van der Waals surface area contributed by atoms with Crippen molar-refractivity contribution < 1.29 is 65.4 Å². The van der Waals surface area contributed by atoms with Crippen LogP contribution in [0.1, 0.15) is 15.3 Å². The molecule has 92 valence electrons. The minimum atomic E-state index is -3.69. The van der Waals surface area contributed by atoms with Crippen molar-refractivity contribution in [3.63, 3.8) is 0 Å². The summed E-state index contributed by atoms with van der Waals surface area (Å²) >= 11 is 0. The predicted octanol–water partition coefficient (Wildman–Crippen LogP) is 0.0700. The third-order valence-corrected chi connectivity index (χ3v) is 3.87. The van der Waals surface area contributed by atoms with E-state index in [1.165, 1.54) is 0 Å². The molecule has 0 aliphatic carbocycles. The van der Waals surface area contributed by atoms with E-state index in [2.05, 4.69) is 0 Å². The first-order valence-corrected chi connectivity index (χ1v) is 6.82. The molecule has 0 spiro atoms. The summed E-state index contributed by atoms with van der Waals surface area (Å²) in [5.41, 5.74) is 0. The fourth-order valence-corrected chi connectivity index (χ4v) is 3.03. The Morgan fingerprint density at radius 2 is 1.67 bits per heavy atom. The van der Waals surface area contributed by atoms with Crippen molar-refractivity contribution in [3.8, 4) is 0 Å². The van der Waals surface area contributed by atoms with Crippen LogP contribution in [0.15, 0.2) is 47.4 Å². The third-order valence-electron chi connectivity index (χ3n) is 2.34. The van der Waals surface area contributed by atoms with Crippen LogP contribution in [0.25, 0.3) is 10.8 Å². The monoisotopic (exact) mass is 290 g/mol. The summed E-state index contributed by atoms with van der Waals surface area (Å²) in [6, 6.07) is 12.5. The van der Waals surface area contributed by atoms with Gasteiger partial charge in [-0.25, -0.2) is 0 Å². The number of fused-ring (bicyclic) bond motifs is 1. The summed E-state index contributed by atoms with van der Waals surface area (Å²) in [4.78, 5) is 0.226. The SMILES string of the molecule is CC(C)OS(=O)(=O)c1cccc2ccccc12.[H-].[K+]. The van der Waals surface area contributed by atoms with Gasteiger partial charge in [-0.2, -0.15) is 8.42 Å². The molecule has 0 aliphatic rings. The predicted molar refractivity (Wildman–Crippen MR) is 68.5 cm³/mol. The Labute approximate surface area is 152 Å². The van der Waals surface area contributed by atoms with Gasteiger partial charge in [0.05, 0.1) is 6.10 Å². The average Bonchev–Trinajstić information content (AvgIpc) is 2.26. The molecule has 0 amide bonds. The first-order valence-electron chi connectivity index (χ1n) is 5.42. The number of hydrogen-bond donors (Lipinski definition) is 0. The van der Waals surface area contributed by atoms with Gasteiger partial charge in [-0.05, 0) is 25.3 Å². The van der Waals surface area contributed by atoms with Crippen LogP contribution in [-0.4, -0.2) is 14.5 Å². The first kappa shape index (κ1) is 16.3. The third kappa shape index (κ3) is 3.63. The van der Waals surface area contributed by atoms with Crippen molar-refractivity contribution in [1.29, 1.82) is 0 Å². The van der Waals surface area contributed by atoms with Gasteiger partial charge in [0.2, 0.25) is 0 Å². The van der Waals surface area contributed by atoms with Crippen molar-refractivity contribution >= 4 is 20.9 Å². The van der Waals surface area contributed by atoms with E-state index in [1.807, 2.05) is 24.3 Å². The molecular formula is C13H15KO3S. The molecule has 2 aromatic carbocycles. The van der Waals surface area contributed by atoms with Crippen LogP contribution in [0.3, 0.4) is 0 Å². The van der Waals surface area contributed by atoms with E-state index in [4.69, 9.17) is 4.18 Å². The molecule has 2 aromatic rings. The maximum atomic E-state index is 12.0. The molecular weight excluding hydrogens is 275 g/mol. The van der Waals surface area contributed by atoms with Crippen molar-refractivity contribution in [1.82, 2.24) is 0 Å². The van der Waals surface area contributed by atoms with Gasteiger partial charge in [-0.3, -0.25) is 4.18 Å². The molecule has 2 rings (SSSR count). The van der Waals surface area contributed by atoms with Crippen LogP contribution in [0.4, 0.5) is 0 Å². The number of benzene rings is 2. The molecule has 3 nitrogen and oxygen atoms in total. The standard InChI is InChI=1S/C13H14O3S.K.H/c1-10(2)16-17(14,15)13-9-5-7-11-6-3-4-8-12(11)13;;/h3-10H,1-2H3;;/q;+1;-1. The Morgan fingerprint density at radius 3 is 2.33 bits per heavy atom. The van der Waals surface area contributed by atoms with Gasteiger partial charge in [0, 0.05) is 5.39 Å². The molecule has 0 unspecified atom stereocenters. The molecule has 0 aliphatic heterocycles. The van der Waals surface area contributed by atoms with E-state index in [0.29, 0.717) is 5.39 Å². The van der Waals surface area contributed by atoms with Gasteiger partial charge in [-0.1, -0.05) is 36.4 Å². The van der Waals surface area contributed by atoms with Gasteiger partial charge in [-0.15, -0.1) is 0 Å². The summed E-state index contributed by atoms with van der Waals surface area (Å²) in [7, 11) is -3.69. The normalized spacial score (nSPS) is 11.5. The van der Waals surface area contributed by atoms with Crippen LogP contribution in [-0.2, 0) is 14.3 Å². The summed E-state index contributed by atoms with van der Waals surface area (Å²) in [6.45, 7) is 3.39. The molecule has 5 heteroatoms. The summed E-state index contributed by atoms with van der Waals surface area (Å²) in [5, 5.41) is 1.58. The fraction of sp³-hybridized carbons (Fsp3) is 0.231. The second kappa shape index (κ2) is 6.61. The van der Waals surface area contributed by atoms with E-state index in [1.54, 1.807) is 32.0 Å². The Balaban J connectivity index is 0.00000162. The molecule has 0 aromatic heterocycles. The van der Waals surface area contributed by atoms with Gasteiger partial charge in [0.25, 0.3) is 10.1 Å². The molecule has 18 heavy (non-hydrogen) atoms. The molecule has 0 N–H and O–H groups in total. The number of hydrogen-bond acceptors (Lipinski definition) is 3. The quantitative estimate of drug-likeness (QED) is 0.593. The Morgan fingerprint density at radius 1 is 1.06 bits per heavy atom. The van der Waals surface area contributed by atoms with Crippen LogP contribution in [0.2, 0.25) is 0 Å². The zero-order valence-electron chi connectivity index (χ0n) is 11.8. The molecule has 0 saturated heterocycles. The second-order valence-electron chi connectivity index (χ2n) is 4.08. The largest absolute Gasteiger partial charge is 1.00 e. The van der Waals surface area contributed by atoms with Crippen molar-refractivity contribution in [2.75, 3.05) is 0 Å². The maximum Gasteiger partial charge on any atom is 1.00 e. The minimum Gasteiger partial charge on any atom is -1.00 e. The maximum absolute atomic E-state index is 12.0. The summed E-state index contributed by atoms with van der Waals surface area (Å²) < 4.78 is 29.1. The Hall–Kier alpha value is 0.246. The van der Waals surface area contributed by atoms with Crippen LogP contribution in [0, 0.1) is 0 Å². The molecule has 0 saturated carbocycles. The first-order chi connectivity index (χ1) is 8.00. The molecule has 0 radical (unpaired) electrons. The van der Waals surface area contributed by atoms with Crippen LogP contribution in [0.5, 0.6) is 0 Å². The molecule has 0 heterocycles. The average molecular weight is 290 g/mol. The van der Waals surface area contributed by atoms with Crippen LogP contribution >= 0.6 is 0 Å².